The van der Waals surface area contributed by atoms with E-state index in [-0.39, 0.29) is 5.41 Å². The second-order valence-corrected chi connectivity index (χ2v) is 18.8. The van der Waals surface area contributed by atoms with E-state index in [4.69, 9.17) is 4.74 Å². The molecule has 13 rings (SSSR count). The van der Waals surface area contributed by atoms with Gasteiger partial charge in [0.1, 0.15) is 11.5 Å². The average molecular weight is 836 g/mol. The third kappa shape index (κ3) is 5.71. The molecule has 1 aliphatic carbocycles. The van der Waals surface area contributed by atoms with Crippen LogP contribution in [0.4, 0.5) is 17.1 Å². The van der Waals surface area contributed by atoms with Crippen LogP contribution in [0, 0.1) is 0 Å². The second kappa shape index (κ2) is 14.2. The van der Waals surface area contributed by atoms with Crippen molar-refractivity contribution >= 4 is 59.3 Å². The molecule has 0 bridgehead atoms. The number of benzene rings is 10. The van der Waals surface area contributed by atoms with Crippen molar-refractivity contribution in [1.82, 2.24) is 0 Å². The molecule has 0 saturated heterocycles. The highest BCUT2D eigenvalue weighted by Gasteiger charge is 2.36. The van der Waals surface area contributed by atoms with Crippen LogP contribution in [-0.4, -0.2) is 0 Å². The number of anilines is 3. The molecule has 0 spiro atoms. The minimum absolute atomic E-state index is 0.132. The van der Waals surface area contributed by atoms with Crippen molar-refractivity contribution in [3.8, 4) is 67.1 Å². The Bertz CT molecular complexity index is 3620. The zero-order valence-electron chi connectivity index (χ0n) is 35.5. The van der Waals surface area contributed by atoms with Crippen LogP contribution in [-0.2, 0) is 5.41 Å². The lowest BCUT2D eigenvalue weighted by Crippen LogP contribution is -2.16. The first-order valence-corrected chi connectivity index (χ1v) is 22.9. The Balaban J connectivity index is 0.959. The van der Waals surface area contributed by atoms with Gasteiger partial charge in [-0.1, -0.05) is 147 Å². The predicted molar refractivity (Wildman–Crippen MR) is 271 cm³/mol. The molecule has 0 atom stereocenters. The van der Waals surface area contributed by atoms with Crippen LogP contribution in [0.15, 0.2) is 212 Å². The van der Waals surface area contributed by atoms with Gasteiger partial charge in [-0.05, 0) is 139 Å². The lowest BCUT2D eigenvalue weighted by atomic mass is 9.82. The van der Waals surface area contributed by atoms with Gasteiger partial charge >= 0.3 is 0 Å². The van der Waals surface area contributed by atoms with Gasteiger partial charge in [-0.3, -0.25) is 0 Å². The van der Waals surface area contributed by atoms with Gasteiger partial charge in [0.25, 0.3) is 0 Å². The van der Waals surface area contributed by atoms with E-state index in [1.807, 2.05) is 11.3 Å². The Hall–Kier alpha value is -7.72. The Morgan fingerprint density at radius 2 is 0.938 bits per heavy atom. The molecule has 0 fully saturated rings. The summed E-state index contributed by atoms with van der Waals surface area (Å²) in [4.78, 5) is 2.41. The van der Waals surface area contributed by atoms with E-state index in [0.29, 0.717) is 0 Å². The lowest BCUT2D eigenvalue weighted by Gasteiger charge is -2.30. The number of thiophene rings is 1. The van der Waals surface area contributed by atoms with E-state index < -0.39 is 0 Å². The van der Waals surface area contributed by atoms with Crippen molar-refractivity contribution in [2.75, 3.05) is 4.90 Å². The van der Waals surface area contributed by atoms with Crippen molar-refractivity contribution < 1.29 is 4.74 Å². The number of nitrogens with zero attached hydrogens (tertiary/aromatic N) is 1. The standard InChI is InChI=1S/C61H41NOS/c1-61(2)54-22-11-9-18-47(54)48-27-24-44(36-55(48)61)62(43-26-31-59-53(35-43)50-19-10-12-23-58(50)64-59)45-25-28-49-52-21-13-20-51-46(29-30-56(60(51)52)63-57(49)37-45)42-33-40(38-14-5-3-6-15-38)32-41(34-42)39-16-7-4-8-17-39/h3-37H,1-2H3. The molecule has 302 valence electrons. The van der Waals surface area contributed by atoms with Crippen LogP contribution in [0.25, 0.3) is 86.6 Å². The van der Waals surface area contributed by atoms with Crippen molar-refractivity contribution in [3.63, 3.8) is 0 Å². The maximum absolute atomic E-state index is 7.03. The fraction of sp³-hybridized carbons (Fsp3) is 0.0492. The summed E-state index contributed by atoms with van der Waals surface area (Å²) in [5, 5.41) is 4.87. The van der Waals surface area contributed by atoms with Gasteiger partial charge in [-0.2, -0.15) is 0 Å². The molecule has 0 amide bonds. The van der Waals surface area contributed by atoms with Crippen LogP contribution in [0.1, 0.15) is 25.0 Å². The molecule has 64 heavy (non-hydrogen) atoms. The molecule has 10 aromatic carbocycles. The van der Waals surface area contributed by atoms with E-state index in [1.165, 1.54) is 86.8 Å². The summed E-state index contributed by atoms with van der Waals surface area (Å²) in [7, 11) is 0. The zero-order chi connectivity index (χ0) is 42.5. The van der Waals surface area contributed by atoms with Crippen molar-refractivity contribution in [3.05, 3.63) is 223 Å². The van der Waals surface area contributed by atoms with Crippen LogP contribution in [0.3, 0.4) is 0 Å². The Morgan fingerprint density at radius 1 is 0.359 bits per heavy atom. The normalized spacial score (nSPS) is 13.1. The summed E-state index contributed by atoms with van der Waals surface area (Å²) in [6.07, 6.45) is 0. The molecular formula is C61H41NOS. The summed E-state index contributed by atoms with van der Waals surface area (Å²) < 4.78 is 9.62. The summed E-state index contributed by atoms with van der Waals surface area (Å²) in [6, 6.07) is 77.8. The van der Waals surface area contributed by atoms with Crippen molar-refractivity contribution in [2.24, 2.45) is 0 Å². The predicted octanol–water partition coefficient (Wildman–Crippen LogP) is 17.8. The topological polar surface area (TPSA) is 12.5 Å². The number of rotatable bonds is 6. The maximum Gasteiger partial charge on any atom is 0.137 e. The van der Waals surface area contributed by atoms with Gasteiger partial charge < -0.3 is 9.64 Å². The summed E-state index contributed by atoms with van der Waals surface area (Å²) >= 11 is 1.85. The first-order valence-electron chi connectivity index (χ1n) is 22.1. The molecule has 11 aromatic rings. The van der Waals surface area contributed by atoms with Gasteiger partial charge in [0.2, 0.25) is 0 Å². The van der Waals surface area contributed by atoms with Crippen molar-refractivity contribution in [1.29, 1.82) is 0 Å². The third-order valence-electron chi connectivity index (χ3n) is 13.6. The smallest absolute Gasteiger partial charge is 0.137 e. The average Bonchev–Trinajstić information content (AvgIpc) is 3.83. The van der Waals surface area contributed by atoms with E-state index in [9.17, 15) is 0 Å². The fourth-order valence-corrected chi connectivity index (χ4v) is 11.6. The first-order chi connectivity index (χ1) is 31.5. The van der Waals surface area contributed by atoms with E-state index in [0.717, 1.165) is 39.5 Å². The van der Waals surface area contributed by atoms with Crippen LogP contribution in [0.5, 0.6) is 11.5 Å². The van der Waals surface area contributed by atoms with Gasteiger partial charge in [0, 0.05) is 59.7 Å². The van der Waals surface area contributed by atoms with Gasteiger partial charge in [-0.15, -0.1) is 11.3 Å². The molecule has 0 unspecified atom stereocenters. The monoisotopic (exact) mass is 835 g/mol. The lowest BCUT2D eigenvalue weighted by molar-refractivity contribution is 0.487. The van der Waals surface area contributed by atoms with Gasteiger partial charge in [0.05, 0.1) is 0 Å². The Kier molecular flexibility index (Phi) is 8.16. The molecule has 0 saturated carbocycles. The number of ether oxygens (including phenoxy) is 1. The van der Waals surface area contributed by atoms with E-state index in [2.05, 4.69) is 231 Å². The SMILES string of the molecule is CC1(C)c2ccccc2-c2ccc(N(c3ccc4c(c3)Oc3ccc(-c5cc(-c6ccccc6)cc(-c6ccccc6)c5)c5cccc-4c35)c3ccc4sc5ccccc5c4c3)cc21. The van der Waals surface area contributed by atoms with Gasteiger partial charge in [0.15, 0.2) is 0 Å². The maximum atomic E-state index is 7.03. The molecule has 0 radical (unpaired) electrons. The Morgan fingerprint density at radius 3 is 1.73 bits per heavy atom. The fourth-order valence-electron chi connectivity index (χ4n) is 10.5. The van der Waals surface area contributed by atoms with E-state index in [1.54, 1.807) is 0 Å². The molecule has 2 heterocycles. The Labute approximate surface area is 376 Å². The molecule has 2 nitrogen and oxygen atoms in total. The van der Waals surface area contributed by atoms with Gasteiger partial charge in [-0.25, -0.2) is 0 Å². The minimum atomic E-state index is -0.132. The van der Waals surface area contributed by atoms with Crippen molar-refractivity contribution in [2.45, 2.75) is 19.3 Å². The highest BCUT2D eigenvalue weighted by atomic mass is 32.1. The number of fused-ring (bicyclic) bond motifs is 8. The molecule has 0 N–H and O–H groups in total. The number of hydrogen-bond acceptors (Lipinski definition) is 3. The minimum Gasteiger partial charge on any atom is -0.456 e. The van der Waals surface area contributed by atoms with Crippen LogP contribution < -0.4 is 9.64 Å². The van der Waals surface area contributed by atoms with E-state index >= 15 is 0 Å². The highest BCUT2D eigenvalue weighted by Crippen LogP contribution is 2.54. The van der Waals surface area contributed by atoms with Crippen LogP contribution >= 0.6 is 11.3 Å². The largest absolute Gasteiger partial charge is 0.456 e. The first kappa shape index (κ1) is 36.9. The third-order valence-corrected chi connectivity index (χ3v) is 14.8. The molecule has 1 aliphatic heterocycles. The highest BCUT2D eigenvalue weighted by molar-refractivity contribution is 7.25. The zero-order valence-corrected chi connectivity index (χ0v) is 36.3. The second-order valence-electron chi connectivity index (χ2n) is 17.7. The number of hydrogen-bond donors (Lipinski definition) is 0. The quantitative estimate of drug-likeness (QED) is 0.165. The molecule has 3 heteroatoms. The molecule has 1 aromatic heterocycles. The molecular weight excluding hydrogens is 795 g/mol. The van der Waals surface area contributed by atoms with Crippen LogP contribution in [0.2, 0.25) is 0 Å². The summed E-state index contributed by atoms with van der Waals surface area (Å²) in [5.41, 5.74) is 17.9. The molecule has 2 aliphatic rings. The summed E-state index contributed by atoms with van der Waals surface area (Å²) in [6.45, 7) is 4.71. The summed E-state index contributed by atoms with van der Waals surface area (Å²) in [5.74, 6) is 1.72.